The smallest absolute Gasteiger partial charge is 0.229 e. The van der Waals surface area contributed by atoms with Crippen LogP contribution in [-0.2, 0) is 9.59 Å². The molecule has 0 aromatic heterocycles. The minimum absolute atomic E-state index is 0.0287. The predicted octanol–water partition coefficient (Wildman–Crippen LogP) is 2.13. The summed E-state index contributed by atoms with van der Waals surface area (Å²) >= 11 is 0. The quantitative estimate of drug-likeness (QED) is 0.869. The average Bonchev–Trinajstić information content (AvgIpc) is 2.61. The van der Waals surface area contributed by atoms with Crippen LogP contribution in [0.25, 0.3) is 0 Å². The van der Waals surface area contributed by atoms with Crippen molar-refractivity contribution >= 4 is 17.5 Å². The Kier molecular flexibility index (Phi) is 6.79. The zero-order valence-corrected chi connectivity index (χ0v) is 15.0. The number of hydrogen-bond donors (Lipinski definition) is 1. The monoisotopic (exact) mass is 331 g/mol. The molecule has 0 atom stereocenters. The maximum Gasteiger partial charge on any atom is 0.229 e. The third-order valence-corrected chi connectivity index (χ3v) is 4.78. The summed E-state index contributed by atoms with van der Waals surface area (Å²) in [5, 5.41) is 3.00. The first kappa shape index (κ1) is 18.5. The molecule has 1 aliphatic carbocycles. The van der Waals surface area contributed by atoms with E-state index in [1.54, 1.807) is 4.90 Å². The van der Waals surface area contributed by atoms with E-state index in [4.69, 9.17) is 0 Å². The molecule has 0 unspecified atom stereocenters. The lowest BCUT2D eigenvalue weighted by molar-refractivity contribution is -0.129. The summed E-state index contributed by atoms with van der Waals surface area (Å²) in [6.45, 7) is 1.53. The van der Waals surface area contributed by atoms with E-state index < -0.39 is 0 Å². The number of para-hydroxylation sites is 1. The molecule has 0 aliphatic heterocycles. The molecule has 2 amide bonds. The number of hydrogen-bond acceptors (Lipinski definition) is 3. The van der Waals surface area contributed by atoms with Gasteiger partial charge in [-0.3, -0.25) is 9.59 Å². The van der Waals surface area contributed by atoms with E-state index in [0.29, 0.717) is 6.54 Å². The lowest BCUT2D eigenvalue weighted by Gasteiger charge is -2.30. The average molecular weight is 331 g/mol. The zero-order valence-electron chi connectivity index (χ0n) is 15.0. The van der Waals surface area contributed by atoms with Crippen LogP contribution in [0.4, 0.5) is 5.69 Å². The lowest BCUT2D eigenvalue weighted by Crippen LogP contribution is -2.39. The summed E-state index contributed by atoms with van der Waals surface area (Å²) in [6.07, 6.45) is 3.18. The molecule has 0 radical (unpaired) electrons. The summed E-state index contributed by atoms with van der Waals surface area (Å²) in [6, 6.07) is 9.72. The molecule has 1 N–H and O–H groups in total. The van der Waals surface area contributed by atoms with Crippen LogP contribution in [0.1, 0.15) is 25.7 Å². The molecule has 1 aliphatic rings. The van der Waals surface area contributed by atoms with Crippen molar-refractivity contribution in [2.45, 2.75) is 25.7 Å². The van der Waals surface area contributed by atoms with Crippen molar-refractivity contribution < 1.29 is 9.59 Å². The fraction of sp³-hybridized carbons (Fsp3) is 0.579. The summed E-state index contributed by atoms with van der Waals surface area (Å²) in [5.74, 6) is 0.381. The molecule has 2 rings (SSSR count). The number of rotatable bonds is 6. The van der Waals surface area contributed by atoms with E-state index in [2.05, 4.69) is 10.2 Å². The minimum Gasteiger partial charge on any atom is -0.355 e. The van der Waals surface area contributed by atoms with Crippen molar-refractivity contribution in [1.82, 2.24) is 10.2 Å². The molecule has 24 heavy (non-hydrogen) atoms. The number of likely N-dealkylation sites (N-methyl/N-ethyl adjacent to an activating group) is 1. The Morgan fingerprint density at radius 2 is 1.58 bits per heavy atom. The highest BCUT2D eigenvalue weighted by Gasteiger charge is 2.31. The van der Waals surface area contributed by atoms with Crippen LogP contribution >= 0.6 is 0 Å². The van der Waals surface area contributed by atoms with Gasteiger partial charge in [-0.25, -0.2) is 0 Å². The highest BCUT2D eigenvalue weighted by Crippen LogP contribution is 2.31. The molecule has 5 nitrogen and oxygen atoms in total. The van der Waals surface area contributed by atoms with E-state index in [9.17, 15) is 9.59 Å². The summed E-state index contributed by atoms with van der Waals surface area (Å²) < 4.78 is 0. The van der Waals surface area contributed by atoms with Gasteiger partial charge in [-0.15, -0.1) is 0 Å². The first-order valence-corrected chi connectivity index (χ1v) is 8.74. The van der Waals surface area contributed by atoms with Gasteiger partial charge in [0.25, 0.3) is 0 Å². The summed E-state index contributed by atoms with van der Waals surface area (Å²) in [7, 11) is 5.82. The third-order valence-electron chi connectivity index (χ3n) is 4.78. The Balaban J connectivity index is 1.79. The topological polar surface area (TPSA) is 52.7 Å². The van der Waals surface area contributed by atoms with E-state index >= 15 is 0 Å². The predicted molar refractivity (Wildman–Crippen MR) is 96.9 cm³/mol. The zero-order chi connectivity index (χ0) is 17.5. The molecule has 0 heterocycles. The van der Waals surface area contributed by atoms with Gasteiger partial charge in [-0.1, -0.05) is 18.2 Å². The minimum atomic E-state index is 0.0287. The number of amides is 2. The van der Waals surface area contributed by atoms with Gasteiger partial charge >= 0.3 is 0 Å². The van der Waals surface area contributed by atoms with E-state index in [0.717, 1.165) is 37.9 Å². The van der Waals surface area contributed by atoms with Crippen LogP contribution in [-0.4, -0.2) is 50.9 Å². The van der Waals surface area contributed by atoms with Gasteiger partial charge in [-0.05, 0) is 51.9 Å². The Labute approximate surface area is 145 Å². The van der Waals surface area contributed by atoms with Crippen LogP contribution in [0.3, 0.4) is 0 Å². The van der Waals surface area contributed by atoms with Gasteiger partial charge in [0.05, 0.1) is 0 Å². The lowest BCUT2D eigenvalue weighted by atomic mass is 9.81. The van der Waals surface area contributed by atoms with Crippen molar-refractivity contribution in [2.24, 2.45) is 11.8 Å². The molecule has 0 spiro atoms. The highest BCUT2D eigenvalue weighted by molar-refractivity contribution is 5.94. The van der Waals surface area contributed by atoms with Crippen molar-refractivity contribution in [3.8, 4) is 0 Å². The highest BCUT2D eigenvalue weighted by atomic mass is 16.2. The van der Waals surface area contributed by atoms with Crippen LogP contribution in [0.15, 0.2) is 30.3 Å². The molecular weight excluding hydrogens is 302 g/mol. The standard InChI is InChI=1S/C19H29N3O2/c1-21(2)14-13-20-18(23)15-9-11-16(12-10-15)19(24)22(3)17-7-5-4-6-8-17/h4-8,15-16H,9-14H2,1-3H3,(H,20,23). The fourth-order valence-electron chi connectivity index (χ4n) is 3.20. The van der Waals surface area contributed by atoms with Crippen LogP contribution in [0, 0.1) is 11.8 Å². The van der Waals surface area contributed by atoms with E-state index in [-0.39, 0.29) is 23.7 Å². The largest absolute Gasteiger partial charge is 0.355 e. The number of benzene rings is 1. The number of carbonyl (C=O) groups excluding carboxylic acids is 2. The second-order valence-electron chi connectivity index (χ2n) is 6.88. The molecule has 132 valence electrons. The van der Waals surface area contributed by atoms with E-state index in [1.807, 2.05) is 51.5 Å². The third kappa shape index (κ3) is 5.06. The van der Waals surface area contributed by atoms with Gasteiger partial charge in [0.2, 0.25) is 11.8 Å². The Morgan fingerprint density at radius 1 is 1.00 bits per heavy atom. The van der Waals surface area contributed by atoms with Gasteiger partial charge in [0.15, 0.2) is 0 Å². The molecular formula is C19H29N3O2. The van der Waals surface area contributed by atoms with E-state index in [1.165, 1.54) is 0 Å². The Bertz CT molecular complexity index is 537. The molecule has 0 bridgehead atoms. The van der Waals surface area contributed by atoms with Crippen molar-refractivity contribution in [2.75, 3.05) is 39.1 Å². The van der Waals surface area contributed by atoms with Crippen molar-refractivity contribution in [3.63, 3.8) is 0 Å². The number of carbonyl (C=O) groups is 2. The SMILES string of the molecule is CN(C)CCNC(=O)C1CCC(C(=O)N(C)c2ccccc2)CC1. The van der Waals surface area contributed by atoms with Crippen molar-refractivity contribution in [3.05, 3.63) is 30.3 Å². The first-order chi connectivity index (χ1) is 11.5. The van der Waals surface area contributed by atoms with Crippen LogP contribution in [0.5, 0.6) is 0 Å². The van der Waals surface area contributed by atoms with Gasteiger partial charge < -0.3 is 15.1 Å². The number of nitrogens with one attached hydrogen (secondary N) is 1. The molecule has 1 saturated carbocycles. The van der Waals surface area contributed by atoms with Crippen LogP contribution in [0.2, 0.25) is 0 Å². The molecule has 1 aromatic rings. The summed E-state index contributed by atoms with van der Waals surface area (Å²) in [5.41, 5.74) is 0.922. The molecule has 5 heteroatoms. The normalized spacial score (nSPS) is 20.7. The molecule has 1 aromatic carbocycles. The summed E-state index contributed by atoms with van der Waals surface area (Å²) in [4.78, 5) is 28.6. The maximum absolute atomic E-state index is 12.6. The Morgan fingerprint density at radius 3 is 2.17 bits per heavy atom. The van der Waals surface area contributed by atoms with Gasteiger partial charge in [-0.2, -0.15) is 0 Å². The second-order valence-corrected chi connectivity index (χ2v) is 6.88. The first-order valence-electron chi connectivity index (χ1n) is 8.74. The molecule has 0 saturated heterocycles. The van der Waals surface area contributed by atoms with Crippen LogP contribution < -0.4 is 10.2 Å². The number of nitrogens with zero attached hydrogens (tertiary/aromatic N) is 2. The van der Waals surface area contributed by atoms with Gasteiger partial charge in [0.1, 0.15) is 0 Å². The fourth-order valence-corrected chi connectivity index (χ4v) is 3.20. The van der Waals surface area contributed by atoms with Crippen molar-refractivity contribution in [1.29, 1.82) is 0 Å². The Hall–Kier alpha value is -1.88. The number of anilines is 1. The molecule has 1 fully saturated rings. The second kappa shape index (κ2) is 8.83. The van der Waals surface area contributed by atoms with Gasteiger partial charge in [0, 0.05) is 37.7 Å². The maximum atomic E-state index is 12.6.